The molecule has 1 fully saturated rings. The van der Waals surface area contributed by atoms with E-state index in [1.807, 2.05) is 35.1 Å². The van der Waals surface area contributed by atoms with Crippen LogP contribution in [0.1, 0.15) is 49.7 Å². The van der Waals surface area contributed by atoms with Gasteiger partial charge in [-0.1, -0.05) is 54.5 Å². The molecule has 0 aliphatic heterocycles. The van der Waals surface area contributed by atoms with Crippen molar-refractivity contribution in [3.8, 4) is 17.0 Å². The smallest absolute Gasteiger partial charge is 0.344 e. The average molecular weight is 405 g/mol. The summed E-state index contributed by atoms with van der Waals surface area (Å²) in [6.07, 6.45) is 6.90. The number of carbonyl (C=O) groups is 1. The van der Waals surface area contributed by atoms with E-state index in [1.165, 1.54) is 31.2 Å². The van der Waals surface area contributed by atoms with Gasteiger partial charge in [0, 0.05) is 5.56 Å². The van der Waals surface area contributed by atoms with Gasteiger partial charge < -0.3 is 9.47 Å². The van der Waals surface area contributed by atoms with Crippen molar-refractivity contribution in [2.75, 3.05) is 13.2 Å². The molecule has 0 amide bonds. The van der Waals surface area contributed by atoms with Gasteiger partial charge in [-0.25, -0.2) is 9.48 Å². The fraction of sp³-hybridized carbons (Fsp3) is 0.375. The predicted molar refractivity (Wildman–Crippen MR) is 114 cm³/mol. The Labute approximate surface area is 176 Å². The topological polar surface area (TPSA) is 66.2 Å². The maximum Gasteiger partial charge on any atom is 0.344 e. The first-order valence-corrected chi connectivity index (χ1v) is 10.6. The second-order valence-electron chi connectivity index (χ2n) is 7.62. The van der Waals surface area contributed by atoms with Crippen molar-refractivity contribution in [1.82, 2.24) is 15.0 Å². The van der Waals surface area contributed by atoms with Gasteiger partial charge in [0.1, 0.15) is 11.4 Å². The lowest BCUT2D eigenvalue weighted by Crippen LogP contribution is -2.15. The van der Waals surface area contributed by atoms with E-state index in [4.69, 9.17) is 9.47 Å². The molecule has 0 unspecified atom stereocenters. The maximum atomic E-state index is 11.8. The van der Waals surface area contributed by atoms with Gasteiger partial charge in [0.05, 0.1) is 19.3 Å². The van der Waals surface area contributed by atoms with Crippen LogP contribution in [-0.4, -0.2) is 34.2 Å². The van der Waals surface area contributed by atoms with Crippen molar-refractivity contribution in [1.29, 1.82) is 0 Å². The molecule has 0 radical (unpaired) electrons. The minimum absolute atomic E-state index is 0.123. The van der Waals surface area contributed by atoms with Gasteiger partial charge >= 0.3 is 5.97 Å². The zero-order chi connectivity index (χ0) is 20.8. The van der Waals surface area contributed by atoms with E-state index in [0.717, 1.165) is 16.8 Å². The lowest BCUT2D eigenvalue weighted by atomic mass is 9.95. The van der Waals surface area contributed by atoms with Crippen molar-refractivity contribution in [3.63, 3.8) is 0 Å². The largest absolute Gasteiger partial charge is 0.481 e. The minimum atomic E-state index is -0.379. The summed E-state index contributed by atoms with van der Waals surface area (Å²) < 4.78 is 12.6. The first kappa shape index (κ1) is 20.1. The zero-order valence-electron chi connectivity index (χ0n) is 17.3. The Balaban J connectivity index is 1.60. The number of benzene rings is 2. The molecule has 6 nitrogen and oxygen atoms in total. The van der Waals surface area contributed by atoms with Crippen molar-refractivity contribution in [2.24, 2.45) is 0 Å². The zero-order valence-corrected chi connectivity index (χ0v) is 17.3. The van der Waals surface area contributed by atoms with E-state index in [9.17, 15) is 4.79 Å². The van der Waals surface area contributed by atoms with E-state index in [-0.39, 0.29) is 12.6 Å². The predicted octanol–water partition coefficient (Wildman–Crippen LogP) is 4.59. The molecule has 0 atom stereocenters. The van der Waals surface area contributed by atoms with Crippen molar-refractivity contribution in [2.45, 2.75) is 45.1 Å². The number of rotatable bonds is 8. The molecular weight excluding hydrogens is 378 g/mol. The summed E-state index contributed by atoms with van der Waals surface area (Å²) >= 11 is 0. The van der Waals surface area contributed by atoms with Crippen LogP contribution in [0.5, 0.6) is 5.75 Å². The molecule has 1 saturated carbocycles. The van der Waals surface area contributed by atoms with E-state index in [1.54, 1.807) is 6.92 Å². The Morgan fingerprint density at radius 1 is 1.13 bits per heavy atom. The van der Waals surface area contributed by atoms with E-state index < -0.39 is 0 Å². The van der Waals surface area contributed by atoms with Crippen LogP contribution in [0.3, 0.4) is 0 Å². The third-order valence-electron chi connectivity index (χ3n) is 5.48. The highest BCUT2D eigenvalue weighted by Gasteiger charge is 2.20. The summed E-state index contributed by atoms with van der Waals surface area (Å²) in [6, 6.07) is 16.4. The van der Waals surface area contributed by atoms with Crippen LogP contribution in [0.2, 0.25) is 0 Å². The quantitative estimate of drug-likeness (QED) is 0.513. The van der Waals surface area contributed by atoms with Crippen molar-refractivity contribution >= 4 is 5.97 Å². The third-order valence-corrected chi connectivity index (χ3v) is 5.48. The van der Waals surface area contributed by atoms with Crippen LogP contribution in [0.25, 0.3) is 11.3 Å². The van der Waals surface area contributed by atoms with Crippen LogP contribution in [0.15, 0.2) is 54.7 Å². The molecule has 4 rings (SSSR count). The summed E-state index contributed by atoms with van der Waals surface area (Å²) in [4.78, 5) is 11.8. The molecule has 0 spiro atoms. The molecule has 0 N–H and O–H groups in total. The van der Waals surface area contributed by atoms with Gasteiger partial charge in [-0.05, 0) is 48.9 Å². The van der Waals surface area contributed by atoms with Gasteiger partial charge in [-0.15, -0.1) is 5.10 Å². The highest BCUT2D eigenvalue weighted by Crippen LogP contribution is 2.38. The molecule has 1 aromatic heterocycles. The van der Waals surface area contributed by atoms with Gasteiger partial charge in [0.2, 0.25) is 0 Å². The summed E-state index contributed by atoms with van der Waals surface area (Å²) in [6.45, 7) is 2.64. The van der Waals surface area contributed by atoms with Gasteiger partial charge in [0.15, 0.2) is 6.61 Å². The summed E-state index contributed by atoms with van der Waals surface area (Å²) in [7, 11) is 0. The minimum Gasteiger partial charge on any atom is -0.481 e. The first-order valence-electron chi connectivity index (χ1n) is 10.6. The maximum absolute atomic E-state index is 11.8. The highest BCUT2D eigenvalue weighted by atomic mass is 16.6. The number of hydrogen-bond acceptors (Lipinski definition) is 5. The Morgan fingerprint density at radius 2 is 1.93 bits per heavy atom. The number of ether oxygens (including phenoxy) is 2. The van der Waals surface area contributed by atoms with Crippen LogP contribution < -0.4 is 4.74 Å². The Morgan fingerprint density at radius 3 is 2.70 bits per heavy atom. The average Bonchev–Trinajstić information content (AvgIpc) is 3.46. The molecule has 1 aliphatic rings. The fourth-order valence-corrected chi connectivity index (χ4v) is 4.00. The van der Waals surface area contributed by atoms with Crippen molar-refractivity contribution < 1.29 is 14.3 Å². The fourth-order valence-electron chi connectivity index (χ4n) is 4.00. The summed E-state index contributed by atoms with van der Waals surface area (Å²) in [5.74, 6) is 0.815. The molecule has 3 aromatic rings. The standard InChI is InChI=1S/C24H27N3O3/c1-2-29-24(28)17-30-23-13-12-20(19-10-6-7-11-19)14-21(23)22-16-27(26-25-22)15-18-8-4-3-5-9-18/h3-5,8-9,12-14,16,19H,2,6-7,10-11,15,17H2,1H3. The molecule has 2 aromatic carbocycles. The second-order valence-corrected chi connectivity index (χ2v) is 7.62. The number of aromatic nitrogens is 3. The SMILES string of the molecule is CCOC(=O)COc1ccc(C2CCCC2)cc1-c1cn(Cc2ccccc2)nn1. The Kier molecular flexibility index (Phi) is 6.42. The normalized spacial score (nSPS) is 14.0. The molecule has 0 saturated heterocycles. The number of carbonyl (C=O) groups excluding carboxylic acids is 1. The van der Waals surface area contributed by atoms with Crippen LogP contribution in [-0.2, 0) is 16.1 Å². The number of nitrogens with zero attached hydrogens (tertiary/aromatic N) is 3. The van der Waals surface area contributed by atoms with E-state index >= 15 is 0 Å². The van der Waals surface area contributed by atoms with Crippen molar-refractivity contribution in [3.05, 3.63) is 65.9 Å². The highest BCUT2D eigenvalue weighted by molar-refractivity contribution is 5.72. The van der Waals surface area contributed by atoms with Crippen LogP contribution >= 0.6 is 0 Å². The Bertz CT molecular complexity index is 978. The lowest BCUT2D eigenvalue weighted by Gasteiger charge is -2.14. The lowest BCUT2D eigenvalue weighted by molar-refractivity contribution is -0.145. The summed E-state index contributed by atoms with van der Waals surface area (Å²) in [5.41, 5.74) is 4.06. The Hall–Kier alpha value is -3.15. The van der Waals surface area contributed by atoms with E-state index in [2.05, 4.69) is 34.6 Å². The molecule has 1 heterocycles. The van der Waals surface area contributed by atoms with Gasteiger partial charge in [0.25, 0.3) is 0 Å². The molecular formula is C24H27N3O3. The first-order chi connectivity index (χ1) is 14.7. The van der Waals surface area contributed by atoms with E-state index in [0.29, 0.717) is 24.8 Å². The monoisotopic (exact) mass is 405 g/mol. The van der Waals surface area contributed by atoms with Gasteiger partial charge in [-0.2, -0.15) is 0 Å². The van der Waals surface area contributed by atoms with Crippen LogP contribution in [0.4, 0.5) is 0 Å². The molecule has 6 heteroatoms. The van der Waals surface area contributed by atoms with Crippen LogP contribution in [0, 0.1) is 0 Å². The molecule has 30 heavy (non-hydrogen) atoms. The molecule has 0 bridgehead atoms. The third kappa shape index (κ3) is 4.87. The number of hydrogen-bond donors (Lipinski definition) is 0. The number of esters is 1. The molecule has 156 valence electrons. The second kappa shape index (κ2) is 9.57. The summed E-state index contributed by atoms with van der Waals surface area (Å²) in [5, 5.41) is 8.69. The molecule has 1 aliphatic carbocycles. The van der Waals surface area contributed by atoms with Gasteiger partial charge in [-0.3, -0.25) is 0 Å².